The van der Waals surface area contributed by atoms with Crippen molar-refractivity contribution in [3.05, 3.63) is 60.2 Å². The average molecular weight is 410 g/mol. The van der Waals surface area contributed by atoms with E-state index in [1.165, 1.54) is 5.69 Å². The summed E-state index contributed by atoms with van der Waals surface area (Å²) in [7, 11) is 3.47. The molecule has 0 bridgehead atoms. The fourth-order valence-corrected chi connectivity index (χ4v) is 3.47. The number of nitrogens with one attached hydrogen (secondary N) is 2. The minimum Gasteiger partial charge on any atom is -0.497 e. The zero-order valence-corrected chi connectivity index (χ0v) is 17.8. The number of ether oxygens (including phenoxy) is 1. The lowest BCUT2D eigenvalue weighted by Gasteiger charge is -2.37. The summed E-state index contributed by atoms with van der Waals surface area (Å²) < 4.78 is 5.23. The minimum absolute atomic E-state index is 0.0335. The molecule has 2 aromatic rings. The van der Waals surface area contributed by atoms with Gasteiger partial charge in [-0.25, -0.2) is 0 Å². The number of hydrogen-bond acceptors (Lipinski definition) is 4. The summed E-state index contributed by atoms with van der Waals surface area (Å²) in [6, 6.07) is 18.1. The van der Waals surface area contributed by atoms with Gasteiger partial charge in [-0.15, -0.1) is 0 Å². The van der Waals surface area contributed by atoms with Crippen LogP contribution in [0.4, 0.5) is 5.69 Å². The van der Waals surface area contributed by atoms with Gasteiger partial charge in [-0.3, -0.25) is 9.79 Å². The summed E-state index contributed by atoms with van der Waals surface area (Å²) in [5.41, 5.74) is 2.30. The number of guanidine groups is 1. The maximum atomic E-state index is 12.1. The van der Waals surface area contributed by atoms with E-state index < -0.39 is 0 Å². The average Bonchev–Trinajstić information content (AvgIpc) is 2.81. The van der Waals surface area contributed by atoms with Crippen molar-refractivity contribution in [1.29, 1.82) is 0 Å². The van der Waals surface area contributed by atoms with Crippen molar-refractivity contribution in [2.24, 2.45) is 4.99 Å². The van der Waals surface area contributed by atoms with Crippen molar-refractivity contribution in [3.63, 3.8) is 0 Å². The third kappa shape index (κ3) is 6.14. The van der Waals surface area contributed by atoms with E-state index in [1.807, 2.05) is 42.5 Å². The van der Waals surface area contributed by atoms with Crippen LogP contribution in [0.3, 0.4) is 0 Å². The van der Waals surface area contributed by atoms with E-state index >= 15 is 0 Å². The standard InChI is InChI=1S/C23H31N5O2/c1-24-23(25-13-12-22(29)26-18-19-6-4-3-5-7-19)28-16-14-27(15-17-28)20-8-10-21(30-2)11-9-20/h3-11H,12-18H2,1-2H3,(H,24,25)(H,26,29). The topological polar surface area (TPSA) is 69.2 Å². The van der Waals surface area contributed by atoms with E-state index in [1.54, 1.807) is 14.2 Å². The maximum absolute atomic E-state index is 12.1. The molecule has 1 amide bonds. The fraction of sp³-hybridized carbons (Fsp3) is 0.391. The summed E-state index contributed by atoms with van der Waals surface area (Å²) >= 11 is 0. The molecule has 160 valence electrons. The van der Waals surface area contributed by atoms with Gasteiger partial charge in [-0.2, -0.15) is 0 Å². The molecule has 0 atom stereocenters. The minimum atomic E-state index is 0.0335. The summed E-state index contributed by atoms with van der Waals surface area (Å²) in [6.07, 6.45) is 0.414. The Kier molecular flexibility index (Phi) is 7.94. The second-order valence-corrected chi connectivity index (χ2v) is 7.16. The predicted molar refractivity (Wildman–Crippen MR) is 121 cm³/mol. The molecule has 1 aliphatic rings. The van der Waals surface area contributed by atoms with Crippen LogP contribution in [0.25, 0.3) is 0 Å². The molecular weight excluding hydrogens is 378 g/mol. The predicted octanol–water partition coefficient (Wildman–Crippen LogP) is 2.10. The van der Waals surface area contributed by atoms with Crippen LogP contribution in [0.5, 0.6) is 5.75 Å². The van der Waals surface area contributed by atoms with Gasteiger partial charge in [-0.1, -0.05) is 30.3 Å². The Morgan fingerprint density at radius 2 is 1.70 bits per heavy atom. The Morgan fingerprint density at radius 3 is 2.33 bits per heavy atom. The number of methoxy groups -OCH3 is 1. The molecule has 0 radical (unpaired) electrons. The number of carbonyl (C=O) groups excluding carboxylic acids is 1. The Balaban J connectivity index is 1.38. The molecule has 7 heteroatoms. The lowest BCUT2D eigenvalue weighted by atomic mass is 10.2. The first-order chi connectivity index (χ1) is 14.7. The molecule has 0 unspecified atom stereocenters. The van der Waals surface area contributed by atoms with Gasteiger partial charge in [-0.05, 0) is 29.8 Å². The highest BCUT2D eigenvalue weighted by atomic mass is 16.5. The second-order valence-electron chi connectivity index (χ2n) is 7.16. The molecule has 30 heavy (non-hydrogen) atoms. The number of anilines is 1. The van der Waals surface area contributed by atoms with Gasteiger partial charge >= 0.3 is 0 Å². The molecule has 2 aromatic carbocycles. The second kappa shape index (κ2) is 11.1. The number of benzene rings is 2. The largest absolute Gasteiger partial charge is 0.497 e. The van der Waals surface area contributed by atoms with Gasteiger partial charge in [0, 0.05) is 58.4 Å². The smallest absolute Gasteiger partial charge is 0.222 e. The van der Waals surface area contributed by atoms with Gasteiger partial charge in [0.25, 0.3) is 0 Å². The van der Waals surface area contributed by atoms with Gasteiger partial charge in [0.15, 0.2) is 5.96 Å². The number of carbonyl (C=O) groups is 1. The van der Waals surface area contributed by atoms with Gasteiger partial charge in [0.1, 0.15) is 5.75 Å². The molecule has 0 aliphatic carbocycles. The highest BCUT2D eigenvalue weighted by Gasteiger charge is 2.20. The number of rotatable bonds is 7. The van der Waals surface area contributed by atoms with E-state index in [0.29, 0.717) is 19.5 Å². The lowest BCUT2D eigenvalue weighted by molar-refractivity contribution is -0.121. The Bertz CT molecular complexity index is 815. The van der Waals surface area contributed by atoms with Crippen molar-refractivity contribution in [1.82, 2.24) is 15.5 Å². The maximum Gasteiger partial charge on any atom is 0.222 e. The monoisotopic (exact) mass is 409 g/mol. The summed E-state index contributed by atoms with van der Waals surface area (Å²) in [5.74, 6) is 1.75. The Labute approximate surface area is 178 Å². The molecular formula is C23H31N5O2. The van der Waals surface area contributed by atoms with E-state index in [2.05, 4.69) is 37.6 Å². The highest BCUT2D eigenvalue weighted by molar-refractivity contribution is 5.81. The van der Waals surface area contributed by atoms with Crippen molar-refractivity contribution in [2.45, 2.75) is 13.0 Å². The Hall–Kier alpha value is -3.22. The quantitative estimate of drug-likeness (QED) is 0.541. The molecule has 3 rings (SSSR count). The SMILES string of the molecule is CN=C(NCCC(=O)NCc1ccccc1)N1CCN(c2ccc(OC)cc2)CC1. The first-order valence-corrected chi connectivity index (χ1v) is 10.3. The van der Waals surface area contributed by atoms with Gasteiger partial charge in [0.2, 0.25) is 5.91 Å². The zero-order chi connectivity index (χ0) is 21.2. The van der Waals surface area contributed by atoms with Crippen LogP contribution >= 0.6 is 0 Å². The van der Waals surface area contributed by atoms with E-state index in [4.69, 9.17) is 4.74 Å². The van der Waals surface area contributed by atoms with E-state index in [9.17, 15) is 4.79 Å². The third-order valence-corrected chi connectivity index (χ3v) is 5.20. The normalized spacial score (nSPS) is 14.4. The molecule has 1 fully saturated rings. The van der Waals surface area contributed by atoms with Crippen molar-refractivity contribution in [3.8, 4) is 5.75 Å². The van der Waals surface area contributed by atoms with Crippen LogP contribution in [0.2, 0.25) is 0 Å². The van der Waals surface area contributed by atoms with Crippen LogP contribution in [-0.4, -0.2) is 63.6 Å². The van der Waals surface area contributed by atoms with Crippen LogP contribution in [0.15, 0.2) is 59.6 Å². The van der Waals surface area contributed by atoms with Gasteiger partial charge < -0.3 is 25.2 Å². The number of hydrogen-bond donors (Lipinski definition) is 2. The number of aliphatic imine (C=N–C) groups is 1. The third-order valence-electron chi connectivity index (χ3n) is 5.20. The number of piperazine rings is 1. The summed E-state index contributed by atoms with van der Waals surface area (Å²) in [5, 5.41) is 6.27. The molecule has 0 spiro atoms. The van der Waals surface area contributed by atoms with E-state index in [0.717, 1.165) is 43.5 Å². The highest BCUT2D eigenvalue weighted by Crippen LogP contribution is 2.20. The first-order valence-electron chi connectivity index (χ1n) is 10.3. The molecule has 0 aromatic heterocycles. The zero-order valence-electron chi connectivity index (χ0n) is 17.8. The molecule has 1 saturated heterocycles. The summed E-state index contributed by atoms with van der Waals surface area (Å²) in [6.45, 7) is 4.72. The lowest BCUT2D eigenvalue weighted by Crippen LogP contribution is -2.52. The van der Waals surface area contributed by atoms with Crippen molar-refractivity contribution >= 4 is 17.6 Å². The molecule has 2 N–H and O–H groups in total. The van der Waals surface area contributed by atoms with E-state index in [-0.39, 0.29) is 5.91 Å². The number of nitrogens with zero attached hydrogens (tertiary/aromatic N) is 3. The van der Waals surface area contributed by atoms with Crippen molar-refractivity contribution in [2.75, 3.05) is 51.8 Å². The summed E-state index contributed by atoms with van der Waals surface area (Å²) in [4.78, 5) is 21.1. The molecule has 1 aliphatic heterocycles. The van der Waals surface area contributed by atoms with Crippen LogP contribution in [0.1, 0.15) is 12.0 Å². The van der Waals surface area contributed by atoms with Crippen LogP contribution < -0.4 is 20.3 Å². The fourth-order valence-electron chi connectivity index (χ4n) is 3.47. The molecule has 1 heterocycles. The van der Waals surface area contributed by atoms with Crippen molar-refractivity contribution < 1.29 is 9.53 Å². The number of amides is 1. The molecule has 0 saturated carbocycles. The van der Waals surface area contributed by atoms with Crippen LogP contribution in [-0.2, 0) is 11.3 Å². The molecule has 7 nitrogen and oxygen atoms in total. The van der Waals surface area contributed by atoms with Gasteiger partial charge in [0.05, 0.1) is 7.11 Å². The Morgan fingerprint density at radius 1 is 1.00 bits per heavy atom. The first kappa shape index (κ1) is 21.5. The van der Waals surface area contributed by atoms with Crippen LogP contribution in [0, 0.1) is 0 Å².